The summed E-state index contributed by atoms with van der Waals surface area (Å²) in [6, 6.07) is 0. The van der Waals surface area contributed by atoms with E-state index in [1.165, 1.54) is 0 Å². The average Bonchev–Trinajstić information content (AvgIpc) is 0.811. The lowest BCUT2D eigenvalue weighted by Crippen LogP contribution is -1.94. The third kappa shape index (κ3) is 26.6. The van der Waals surface area contributed by atoms with Gasteiger partial charge in [-0.2, -0.15) is 13.1 Å². The predicted molar refractivity (Wildman–Crippen MR) is 23.2 cm³/mol. The van der Waals surface area contributed by atoms with E-state index in [4.69, 9.17) is 0 Å². The number of rotatable bonds is 0. The van der Waals surface area contributed by atoms with Gasteiger partial charge in [-0.05, 0) is 0 Å². The second-order valence-corrected chi connectivity index (χ2v) is 6.00. The van der Waals surface area contributed by atoms with Gasteiger partial charge in [0, 0.05) is 0 Å². The van der Waals surface area contributed by atoms with E-state index in [1.54, 1.807) is 0 Å². The second-order valence-electron chi connectivity index (χ2n) is 1.00. The Morgan fingerprint density at radius 3 is 1.50 bits per heavy atom. The predicted octanol–water partition coefficient (Wildman–Crippen LogP) is 0.406. The molecule has 4 heavy (non-hydrogen) atoms. The standard InChI is InChI=1S/C2H6Si2/c1-4(2)3/h1-2H3/q-1. The van der Waals surface area contributed by atoms with Crippen molar-refractivity contribution in [3.63, 3.8) is 0 Å². The maximum Gasteiger partial charge on any atom is -0.196 e. The van der Waals surface area contributed by atoms with Crippen LogP contribution in [-0.2, 0) is 0 Å². The summed E-state index contributed by atoms with van der Waals surface area (Å²) in [6.45, 7) is 4.36. The minimum Gasteiger partial charge on any atom is -0.281 e. The molecule has 0 bridgehead atoms. The highest BCUT2D eigenvalue weighted by Crippen LogP contribution is 1.59. The van der Waals surface area contributed by atoms with Crippen molar-refractivity contribution >= 4 is 18.1 Å². The van der Waals surface area contributed by atoms with Gasteiger partial charge >= 0.3 is 0 Å². The molecule has 0 rings (SSSR count). The van der Waals surface area contributed by atoms with Gasteiger partial charge in [0.2, 0.25) is 0 Å². The highest BCUT2D eigenvalue weighted by molar-refractivity contribution is 7.01. The van der Waals surface area contributed by atoms with E-state index in [9.17, 15) is 0 Å². The lowest BCUT2D eigenvalue weighted by molar-refractivity contribution is 2.10. The van der Waals surface area contributed by atoms with Crippen LogP contribution in [0.2, 0.25) is 13.1 Å². The van der Waals surface area contributed by atoms with Crippen molar-refractivity contribution in [2.45, 2.75) is 13.1 Å². The van der Waals surface area contributed by atoms with Crippen molar-refractivity contribution in [3.8, 4) is 0 Å². The lowest BCUT2D eigenvalue weighted by Gasteiger charge is -1.98. The Hall–Kier alpha value is 0.434. The zero-order valence-electron chi connectivity index (χ0n) is 3.00. The van der Waals surface area contributed by atoms with Crippen LogP contribution in [-0.4, -0.2) is 18.1 Å². The van der Waals surface area contributed by atoms with Crippen molar-refractivity contribution in [2.24, 2.45) is 0 Å². The first-order chi connectivity index (χ1) is 1.73. The number of hydrogen-bond donors (Lipinski definition) is 0. The highest BCUT2D eigenvalue weighted by atomic mass is 29.1. The summed E-state index contributed by atoms with van der Waals surface area (Å²) in [6.07, 6.45) is 0. The van der Waals surface area contributed by atoms with E-state index in [2.05, 4.69) is 22.9 Å². The van der Waals surface area contributed by atoms with E-state index in [0.29, 0.717) is 0 Å². The molecule has 0 N–H and O–H groups in total. The molecule has 0 aromatic heterocycles. The molecule has 0 aromatic carbocycles. The minimum atomic E-state index is -0.0741. The molecule has 3 radical (unpaired) electrons. The Labute approximate surface area is 32.0 Å². The molecule has 2 heteroatoms. The summed E-state index contributed by atoms with van der Waals surface area (Å²) in [4.78, 5) is 0. The molecular weight excluding hydrogens is 80.2 g/mol. The first-order valence-corrected chi connectivity index (χ1v) is 5.25. The highest BCUT2D eigenvalue weighted by Gasteiger charge is 1.49. The summed E-state index contributed by atoms with van der Waals surface area (Å²) in [5, 5.41) is 0. The summed E-state index contributed by atoms with van der Waals surface area (Å²) >= 11 is 0. The fourth-order valence-corrected chi connectivity index (χ4v) is 0. The van der Waals surface area contributed by atoms with Gasteiger partial charge in [-0.15, -0.1) is 0 Å². The van der Waals surface area contributed by atoms with Crippen LogP contribution in [0.5, 0.6) is 0 Å². The third-order valence-electron chi connectivity index (χ3n) is 0. The lowest BCUT2D eigenvalue weighted by atomic mass is 11.9. The fraction of sp³-hybridized carbons (Fsp3) is 1.00. The summed E-state index contributed by atoms with van der Waals surface area (Å²) in [5.74, 6) is 0. The molecule has 0 saturated heterocycles. The summed E-state index contributed by atoms with van der Waals surface area (Å²) in [7, 11) is 3.34. The first-order valence-electron chi connectivity index (χ1n) is 1.25. The van der Waals surface area contributed by atoms with Crippen LogP contribution in [0.15, 0.2) is 0 Å². The van der Waals surface area contributed by atoms with Crippen LogP contribution in [0, 0.1) is 0 Å². The second kappa shape index (κ2) is 1.72. The van der Waals surface area contributed by atoms with Gasteiger partial charge in [0.1, 0.15) is 0 Å². The maximum absolute atomic E-state index is 3.41. The summed E-state index contributed by atoms with van der Waals surface area (Å²) < 4.78 is 0. The number of hydrogen-bond acceptors (Lipinski definition) is 0. The third-order valence-corrected chi connectivity index (χ3v) is 0. The van der Waals surface area contributed by atoms with Crippen LogP contribution in [0.1, 0.15) is 0 Å². The van der Waals surface area contributed by atoms with Crippen LogP contribution in [0.25, 0.3) is 0 Å². The first kappa shape index (κ1) is 4.43. The molecule has 0 aliphatic heterocycles. The van der Waals surface area contributed by atoms with Gasteiger partial charge in [-0.25, -0.2) is 9.76 Å². The Morgan fingerprint density at radius 1 is 1.50 bits per heavy atom. The van der Waals surface area contributed by atoms with E-state index in [1.807, 2.05) is 0 Å². The van der Waals surface area contributed by atoms with Crippen molar-refractivity contribution in [1.29, 1.82) is 0 Å². The minimum absolute atomic E-state index is 0.0741. The maximum atomic E-state index is 3.41. The van der Waals surface area contributed by atoms with Crippen LogP contribution in [0.4, 0.5) is 0 Å². The van der Waals surface area contributed by atoms with Gasteiger partial charge in [-0.3, -0.25) is 8.31 Å². The van der Waals surface area contributed by atoms with Gasteiger partial charge in [0.05, 0.1) is 0 Å². The Balaban J connectivity index is 2.32. The molecule has 0 atom stereocenters. The smallest absolute Gasteiger partial charge is 0.196 e. The molecule has 0 amide bonds. The molecular formula is C2H6Si2-. The van der Waals surface area contributed by atoms with Crippen molar-refractivity contribution < 1.29 is 0 Å². The monoisotopic (exact) mass is 86.0 g/mol. The molecule has 23 valence electrons. The van der Waals surface area contributed by atoms with E-state index >= 15 is 0 Å². The topological polar surface area (TPSA) is 0 Å². The van der Waals surface area contributed by atoms with Crippen LogP contribution in [0.3, 0.4) is 0 Å². The summed E-state index contributed by atoms with van der Waals surface area (Å²) in [5.41, 5.74) is 0. The van der Waals surface area contributed by atoms with E-state index < -0.39 is 0 Å². The molecule has 0 fully saturated rings. The quantitative estimate of drug-likeness (QED) is 0.374. The van der Waals surface area contributed by atoms with Crippen LogP contribution < -0.4 is 0 Å². The SMILES string of the molecule is C[Si-](C)[Si]. The van der Waals surface area contributed by atoms with Gasteiger partial charge in [0.15, 0.2) is 0 Å². The van der Waals surface area contributed by atoms with E-state index in [-0.39, 0.29) is 8.31 Å². The van der Waals surface area contributed by atoms with Gasteiger partial charge in [-0.1, -0.05) is 0 Å². The normalized spacial score (nSPS) is 9.00. The average molecular weight is 86.2 g/mol. The zero-order chi connectivity index (χ0) is 3.58. The Bertz CT molecular complexity index is 8.75. The zero-order valence-corrected chi connectivity index (χ0v) is 5.00. The Morgan fingerprint density at radius 2 is 1.50 bits per heavy atom. The molecule has 0 saturated carbocycles. The van der Waals surface area contributed by atoms with Gasteiger partial charge < -0.3 is 0 Å². The van der Waals surface area contributed by atoms with Crippen LogP contribution >= 0.6 is 0 Å². The van der Waals surface area contributed by atoms with Crippen molar-refractivity contribution in [1.82, 2.24) is 0 Å². The van der Waals surface area contributed by atoms with Crippen molar-refractivity contribution in [3.05, 3.63) is 0 Å². The molecule has 0 unspecified atom stereocenters. The molecule has 0 heterocycles. The van der Waals surface area contributed by atoms with Gasteiger partial charge in [0.25, 0.3) is 0 Å². The molecule has 0 aliphatic rings. The molecule has 0 spiro atoms. The molecule has 0 aliphatic carbocycles. The van der Waals surface area contributed by atoms with Crippen molar-refractivity contribution in [2.75, 3.05) is 0 Å². The Kier molecular flexibility index (Phi) is 1.91. The molecule has 0 nitrogen and oxygen atoms in total. The largest absolute Gasteiger partial charge is 0.281 e. The molecule has 0 aromatic rings. The van der Waals surface area contributed by atoms with E-state index in [0.717, 1.165) is 0 Å². The fourth-order valence-electron chi connectivity index (χ4n) is 0.